The zero-order valence-electron chi connectivity index (χ0n) is 4.08. The smallest absolute Gasteiger partial charge is 0.0621 e. The van der Waals surface area contributed by atoms with E-state index in [4.69, 9.17) is 0 Å². The second-order valence-electron chi connectivity index (χ2n) is 1.47. The van der Waals surface area contributed by atoms with Crippen LogP contribution in [0.15, 0.2) is 8.96 Å². The van der Waals surface area contributed by atoms with Crippen molar-refractivity contribution in [3.63, 3.8) is 0 Å². The number of hydrogen-bond acceptors (Lipinski definition) is 1. The Morgan fingerprint density at radius 2 is 1.88 bits per heavy atom. The molecule has 0 bridgehead atoms. The maximum Gasteiger partial charge on any atom is 0.0621 e. The van der Waals surface area contributed by atoms with Gasteiger partial charge < -0.3 is 5.32 Å². The minimum Gasteiger partial charge on any atom is -0.309 e. The fourth-order valence-electron chi connectivity index (χ4n) is 0.384. The van der Waals surface area contributed by atoms with Crippen LogP contribution in [-0.2, 0) is 0 Å². The van der Waals surface area contributed by atoms with Crippen molar-refractivity contribution in [3.8, 4) is 0 Å². The lowest BCUT2D eigenvalue weighted by Crippen LogP contribution is -2.33. The minimum absolute atomic E-state index is 0. The molecule has 1 aliphatic heterocycles. The van der Waals surface area contributed by atoms with Gasteiger partial charge in [-0.05, 0) is 37.4 Å². The summed E-state index contributed by atoms with van der Waals surface area (Å²) in [7, 11) is 0. The van der Waals surface area contributed by atoms with Crippen molar-refractivity contribution < 1.29 is 0 Å². The van der Waals surface area contributed by atoms with E-state index in [9.17, 15) is 0 Å². The Balaban J connectivity index is 0.000000490. The van der Waals surface area contributed by atoms with E-state index in [0.29, 0.717) is 0 Å². The molecule has 1 heterocycles. The van der Waals surface area contributed by atoms with Gasteiger partial charge in [-0.3, -0.25) is 0 Å². The molecular formula is C4H6Br2ClN. The molecule has 4 heteroatoms. The number of rotatable bonds is 0. The fraction of sp³-hybridized carbons (Fsp3) is 0.500. The van der Waals surface area contributed by atoms with Gasteiger partial charge in [0.1, 0.15) is 0 Å². The van der Waals surface area contributed by atoms with Gasteiger partial charge in [0, 0.05) is 13.1 Å². The zero-order chi connectivity index (χ0) is 5.28. The topological polar surface area (TPSA) is 12.0 Å². The van der Waals surface area contributed by atoms with E-state index in [1.165, 1.54) is 5.57 Å². The predicted octanol–water partition coefficient (Wildman–Crippen LogP) is 2.01. The lowest BCUT2D eigenvalue weighted by molar-refractivity contribution is 0.670. The molecule has 1 saturated heterocycles. The van der Waals surface area contributed by atoms with E-state index in [2.05, 4.69) is 37.2 Å². The van der Waals surface area contributed by atoms with E-state index in [1.54, 1.807) is 0 Å². The highest BCUT2D eigenvalue weighted by Crippen LogP contribution is 2.20. The van der Waals surface area contributed by atoms with Crippen LogP contribution in [0.2, 0.25) is 0 Å². The minimum atomic E-state index is 0. The molecule has 0 aliphatic carbocycles. The van der Waals surface area contributed by atoms with Crippen LogP contribution in [0.5, 0.6) is 0 Å². The Morgan fingerprint density at radius 1 is 1.38 bits per heavy atom. The van der Waals surface area contributed by atoms with E-state index in [1.807, 2.05) is 0 Å². The molecule has 0 aromatic rings. The standard InChI is InChI=1S/C4H5Br2N.ClH/c5-4(6)3-1-7-2-3;/h7H,1-2H2;1H. The van der Waals surface area contributed by atoms with Crippen LogP contribution in [0.3, 0.4) is 0 Å². The van der Waals surface area contributed by atoms with Crippen LogP contribution in [0.1, 0.15) is 0 Å². The molecular weight excluding hydrogens is 257 g/mol. The van der Waals surface area contributed by atoms with Gasteiger partial charge >= 0.3 is 0 Å². The summed E-state index contributed by atoms with van der Waals surface area (Å²) in [6.07, 6.45) is 0. The first-order chi connectivity index (χ1) is 3.30. The third kappa shape index (κ3) is 2.05. The second kappa shape index (κ2) is 3.88. The summed E-state index contributed by atoms with van der Waals surface area (Å²) in [4.78, 5) is 0. The molecule has 0 unspecified atom stereocenters. The van der Waals surface area contributed by atoms with Crippen LogP contribution < -0.4 is 5.32 Å². The van der Waals surface area contributed by atoms with Crippen LogP contribution in [-0.4, -0.2) is 13.1 Å². The Labute approximate surface area is 71.6 Å². The number of hydrogen-bond donors (Lipinski definition) is 1. The molecule has 8 heavy (non-hydrogen) atoms. The monoisotopic (exact) mass is 261 g/mol. The number of nitrogens with one attached hydrogen (secondary N) is 1. The fourth-order valence-corrected chi connectivity index (χ4v) is 0.944. The summed E-state index contributed by atoms with van der Waals surface area (Å²) in [5, 5.41) is 3.12. The Kier molecular flexibility index (Phi) is 4.34. The summed E-state index contributed by atoms with van der Waals surface area (Å²) in [5.74, 6) is 0. The average molecular weight is 263 g/mol. The van der Waals surface area contributed by atoms with Gasteiger partial charge in [0.2, 0.25) is 0 Å². The van der Waals surface area contributed by atoms with Crippen molar-refractivity contribution in [1.82, 2.24) is 5.32 Å². The molecule has 1 fully saturated rings. The molecule has 1 aliphatic rings. The first kappa shape index (κ1) is 8.95. The Morgan fingerprint density at radius 3 is 1.88 bits per heavy atom. The van der Waals surface area contributed by atoms with Crippen molar-refractivity contribution in [2.75, 3.05) is 13.1 Å². The molecule has 1 rings (SSSR count). The molecule has 0 amide bonds. The summed E-state index contributed by atoms with van der Waals surface area (Å²) in [5.41, 5.74) is 1.42. The maximum absolute atomic E-state index is 3.31. The third-order valence-corrected chi connectivity index (χ3v) is 2.07. The highest BCUT2D eigenvalue weighted by Gasteiger charge is 2.08. The van der Waals surface area contributed by atoms with Gasteiger partial charge in [0.15, 0.2) is 0 Å². The van der Waals surface area contributed by atoms with E-state index in [-0.39, 0.29) is 12.4 Å². The SMILES string of the molecule is BrC(Br)=C1CNC1.Cl. The van der Waals surface area contributed by atoms with E-state index in [0.717, 1.165) is 16.5 Å². The molecule has 48 valence electrons. The van der Waals surface area contributed by atoms with Gasteiger partial charge in [0.25, 0.3) is 0 Å². The summed E-state index contributed by atoms with van der Waals surface area (Å²) >= 11 is 6.61. The normalized spacial score (nSPS) is 16.5. The third-order valence-electron chi connectivity index (χ3n) is 0.944. The summed E-state index contributed by atoms with van der Waals surface area (Å²) in [6, 6.07) is 0. The maximum atomic E-state index is 3.31. The van der Waals surface area contributed by atoms with Crippen molar-refractivity contribution in [1.29, 1.82) is 0 Å². The van der Waals surface area contributed by atoms with Crippen LogP contribution in [0.4, 0.5) is 0 Å². The largest absolute Gasteiger partial charge is 0.309 e. The van der Waals surface area contributed by atoms with Crippen LogP contribution in [0, 0.1) is 0 Å². The summed E-state index contributed by atoms with van der Waals surface area (Å²) in [6.45, 7) is 2.07. The van der Waals surface area contributed by atoms with E-state index < -0.39 is 0 Å². The van der Waals surface area contributed by atoms with Gasteiger partial charge in [-0.15, -0.1) is 12.4 Å². The lowest BCUT2D eigenvalue weighted by Gasteiger charge is -2.18. The van der Waals surface area contributed by atoms with Crippen molar-refractivity contribution in [3.05, 3.63) is 8.96 Å². The Hall–Kier alpha value is 0.950. The molecule has 0 atom stereocenters. The zero-order valence-corrected chi connectivity index (χ0v) is 8.07. The molecule has 0 spiro atoms. The molecule has 0 aromatic carbocycles. The Bertz CT molecular complexity index is 103. The lowest BCUT2D eigenvalue weighted by atomic mass is 10.2. The van der Waals surface area contributed by atoms with Gasteiger partial charge in [0.05, 0.1) is 3.39 Å². The molecule has 0 aromatic heterocycles. The van der Waals surface area contributed by atoms with Gasteiger partial charge in [-0.2, -0.15) is 0 Å². The molecule has 0 radical (unpaired) electrons. The summed E-state index contributed by atoms with van der Waals surface area (Å²) < 4.78 is 1.11. The second-order valence-corrected chi connectivity index (χ2v) is 4.12. The van der Waals surface area contributed by atoms with Gasteiger partial charge in [-0.25, -0.2) is 0 Å². The first-order valence-corrected chi connectivity index (χ1v) is 3.63. The molecule has 0 saturated carbocycles. The number of halogens is 3. The van der Waals surface area contributed by atoms with E-state index >= 15 is 0 Å². The highest BCUT2D eigenvalue weighted by atomic mass is 79.9. The molecule has 1 N–H and O–H groups in total. The van der Waals surface area contributed by atoms with Crippen LogP contribution in [0.25, 0.3) is 0 Å². The van der Waals surface area contributed by atoms with Crippen LogP contribution >= 0.6 is 44.3 Å². The quantitative estimate of drug-likeness (QED) is 0.705. The highest BCUT2D eigenvalue weighted by molar-refractivity contribution is 9.28. The predicted molar refractivity (Wildman–Crippen MR) is 45.0 cm³/mol. The van der Waals surface area contributed by atoms with Crippen molar-refractivity contribution in [2.24, 2.45) is 0 Å². The van der Waals surface area contributed by atoms with Crippen molar-refractivity contribution in [2.45, 2.75) is 0 Å². The molecule has 1 nitrogen and oxygen atoms in total. The first-order valence-electron chi connectivity index (χ1n) is 2.04. The van der Waals surface area contributed by atoms with Gasteiger partial charge in [-0.1, -0.05) is 0 Å². The average Bonchev–Trinajstić information content (AvgIpc) is 1.23. The van der Waals surface area contributed by atoms with Crippen molar-refractivity contribution >= 4 is 44.3 Å².